The Bertz CT molecular complexity index is 365. The zero-order valence-electron chi connectivity index (χ0n) is 16.4. The van der Waals surface area contributed by atoms with Gasteiger partial charge in [-0.05, 0) is 38.5 Å². The number of ether oxygens (including phenoxy) is 2. The van der Waals surface area contributed by atoms with E-state index in [1.54, 1.807) is 6.92 Å². The lowest BCUT2D eigenvalue weighted by Crippen LogP contribution is -2.35. The topological polar surface area (TPSA) is 113 Å². The highest BCUT2D eigenvalue weighted by atomic mass is 16.5. The van der Waals surface area contributed by atoms with Gasteiger partial charge in [-0.2, -0.15) is 0 Å². The molecule has 0 saturated heterocycles. The fourth-order valence-corrected chi connectivity index (χ4v) is 2.16. The number of aliphatic hydroxyl groups excluding tert-OH is 3. The van der Waals surface area contributed by atoms with E-state index in [4.69, 9.17) is 9.47 Å². The molecule has 3 N–H and O–H groups in total. The molecule has 154 valence electrons. The van der Waals surface area contributed by atoms with Crippen LogP contribution in [-0.4, -0.2) is 59.3 Å². The maximum atomic E-state index is 11.7. The number of hydrogen-bond acceptors (Lipinski definition) is 7. The molecule has 0 aliphatic carbocycles. The van der Waals surface area contributed by atoms with Crippen molar-refractivity contribution in [2.75, 3.05) is 19.8 Å². The summed E-state index contributed by atoms with van der Waals surface area (Å²) >= 11 is 0. The van der Waals surface area contributed by atoms with Gasteiger partial charge in [0.1, 0.15) is 13.2 Å². The number of aliphatic hydroxyl groups is 3. The zero-order chi connectivity index (χ0) is 20.0. The first-order valence-corrected chi connectivity index (χ1v) is 9.54. The summed E-state index contributed by atoms with van der Waals surface area (Å²) in [5.74, 6) is -0.791. The van der Waals surface area contributed by atoms with Crippen LogP contribution in [0.5, 0.6) is 0 Å². The molecular formula is C19H36O7. The first-order valence-electron chi connectivity index (χ1n) is 9.54. The summed E-state index contributed by atoms with van der Waals surface area (Å²) < 4.78 is 10.3. The number of carbonyl (C=O) groups is 2. The predicted octanol–water partition coefficient (Wildman–Crippen LogP) is 1.95. The van der Waals surface area contributed by atoms with E-state index in [9.17, 15) is 24.9 Å². The molecule has 0 fully saturated rings. The maximum Gasteiger partial charge on any atom is 0.305 e. The van der Waals surface area contributed by atoms with E-state index >= 15 is 0 Å². The van der Waals surface area contributed by atoms with Crippen LogP contribution in [0.2, 0.25) is 0 Å². The van der Waals surface area contributed by atoms with E-state index < -0.39 is 29.6 Å². The minimum atomic E-state index is -0.850. The van der Waals surface area contributed by atoms with Gasteiger partial charge in [0.25, 0.3) is 0 Å². The molecule has 0 aliphatic rings. The highest BCUT2D eigenvalue weighted by Crippen LogP contribution is 2.18. The van der Waals surface area contributed by atoms with Gasteiger partial charge in [0.05, 0.1) is 24.2 Å². The van der Waals surface area contributed by atoms with Crippen LogP contribution in [-0.2, 0) is 19.1 Å². The summed E-state index contributed by atoms with van der Waals surface area (Å²) in [7, 11) is 0. The molecule has 0 spiro atoms. The number of carbonyl (C=O) groups excluding carboxylic acids is 2. The number of hydrogen-bond donors (Lipinski definition) is 3. The molecule has 7 heteroatoms. The van der Waals surface area contributed by atoms with Gasteiger partial charge in [-0.25, -0.2) is 0 Å². The highest BCUT2D eigenvalue weighted by molar-refractivity contribution is 5.69. The summed E-state index contributed by atoms with van der Waals surface area (Å²) in [5, 5.41) is 28.4. The monoisotopic (exact) mass is 376 g/mol. The maximum absolute atomic E-state index is 11.7. The first-order chi connectivity index (χ1) is 12.3. The molecular weight excluding hydrogens is 340 g/mol. The summed E-state index contributed by atoms with van der Waals surface area (Å²) in [6.07, 6.45) is 3.11. The van der Waals surface area contributed by atoms with Crippen LogP contribution in [0.4, 0.5) is 0 Å². The second-order valence-electron chi connectivity index (χ2n) is 7.20. The SMILES string of the molecule is CCC(O)CCCC(=O)OCC(C)(CO)COC(=O)CCCC(O)CC. The van der Waals surface area contributed by atoms with Gasteiger partial charge in [-0.1, -0.05) is 20.8 Å². The standard InChI is InChI=1S/C19H36O7/c1-4-15(21)8-6-10-17(23)25-13-19(3,12-20)14-26-18(24)11-7-9-16(22)5-2/h15-16,20-22H,4-14H2,1-3H3. The molecule has 0 aromatic carbocycles. The molecule has 0 bridgehead atoms. The smallest absolute Gasteiger partial charge is 0.305 e. The lowest BCUT2D eigenvalue weighted by molar-refractivity contribution is -0.155. The van der Waals surface area contributed by atoms with E-state index in [-0.39, 0.29) is 32.7 Å². The van der Waals surface area contributed by atoms with Crippen molar-refractivity contribution >= 4 is 11.9 Å². The van der Waals surface area contributed by atoms with Crippen molar-refractivity contribution in [3.63, 3.8) is 0 Å². The molecule has 0 aromatic rings. The van der Waals surface area contributed by atoms with Crippen LogP contribution in [0.15, 0.2) is 0 Å². The Labute approximate surface area is 156 Å². The van der Waals surface area contributed by atoms with E-state index in [1.165, 1.54) is 0 Å². The highest BCUT2D eigenvalue weighted by Gasteiger charge is 2.28. The predicted molar refractivity (Wildman–Crippen MR) is 97.4 cm³/mol. The molecule has 0 radical (unpaired) electrons. The van der Waals surface area contributed by atoms with Crippen LogP contribution >= 0.6 is 0 Å². The average Bonchev–Trinajstić information content (AvgIpc) is 2.64. The van der Waals surface area contributed by atoms with Crippen molar-refractivity contribution in [1.82, 2.24) is 0 Å². The summed E-state index contributed by atoms with van der Waals surface area (Å²) in [4.78, 5) is 23.5. The van der Waals surface area contributed by atoms with Gasteiger partial charge < -0.3 is 24.8 Å². The van der Waals surface area contributed by atoms with Crippen molar-refractivity contribution in [2.24, 2.45) is 5.41 Å². The zero-order valence-corrected chi connectivity index (χ0v) is 16.4. The lowest BCUT2D eigenvalue weighted by atomic mass is 9.94. The average molecular weight is 376 g/mol. The fraction of sp³-hybridized carbons (Fsp3) is 0.895. The minimum Gasteiger partial charge on any atom is -0.465 e. The van der Waals surface area contributed by atoms with E-state index in [2.05, 4.69) is 0 Å². The number of esters is 2. The lowest BCUT2D eigenvalue weighted by Gasteiger charge is -2.26. The molecule has 0 amide bonds. The van der Waals surface area contributed by atoms with Gasteiger partial charge in [-0.3, -0.25) is 9.59 Å². The van der Waals surface area contributed by atoms with Crippen molar-refractivity contribution in [3.05, 3.63) is 0 Å². The second kappa shape index (κ2) is 13.9. The Hall–Kier alpha value is -1.18. The van der Waals surface area contributed by atoms with Gasteiger partial charge >= 0.3 is 11.9 Å². The first kappa shape index (κ1) is 24.8. The second-order valence-corrected chi connectivity index (χ2v) is 7.20. The minimum absolute atomic E-state index is 0.0412. The Kier molecular flexibility index (Phi) is 13.3. The third kappa shape index (κ3) is 12.2. The van der Waals surface area contributed by atoms with Gasteiger partial charge in [0.2, 0.25) is 0 Å². The van der Waals surface area contributed by atoms with Gasteiger partial charge in [-0.15, -0.1) is 0 Å². The molecule has 0 saturated carbocycles. The van der Waals surface area contributed by atoms with Gasteiger partial charge in [0.15, 0.2) is 0 Å². The number of rotatable bonds is 15. The van der Waals surface area contributed by atoms with Gasteiger partial charge in [0, 0.05) is 12.8 Å². The fourth-order valence-electron chi connectivity index (χ4n) is 2.16. The molecule has 7 nitrogen and oxygen atoms in total. The largest absolute Gasteiger partial charge is 0.465 e. The summed E-state index contributed by atoms with van der Waals surface area (Å²) in [6.45, 7) is 5.07. The Balaban J connectivity index is 4.07. The molecule has 0 heterocycles. The van der Waals surface area contributed by atoms with E-state index in [0.717, 1.165) is 0 Å². The Morgan fingerprint density at radius 2 is 1.27 bits per heavy atom. The third-order valence-electron chi connectivity index (χ3n) is 4.32. The normalized spacial score (nSPS) is 15.8. The third-order valence-corrected chi connectivity index (χ3v) is 4.32. The van der Waals surface area contributed by atoms with E-state index in [0.29, 0.717) is 38.5 Å². The van der Waals surface area contributed by atoms with Crippen LogP contribution in [0.1, 0.15) is 72.1 Å². The van der Waals surface area contributed by atoms with Crippen LogP contribution in [0, 0.1) is 5.41 Å². The van der Waals surface area contributed by atoms with Crippen molar-refractivity contribution in [1.29, 1.82) is 0 Å². The van der Waals surface area contributed by atoms with Crippen molar-refractivity contribution in [3.8, 4) is 0 Å². The quantitative estimate of drug-likeness (QED) is 0.374. The van der Waals surface area contributed by atoms with Crippen LogP contribution in [0.25, 0.3) is 0 Å². The molecule has 26 heavy (non-hydrogen) atoms. The molecule has 0 rings (SSSR count). The van der Waals surface area contributed by atoms with E-state index in [1.807, 2.05) is 13.8 Å². The van der Waals surface area contributed by atoms with Crippen LogP contribution in [0.3, 0.4) is 0 Å². The van der Waals surface area contributed by atoms with Crippen molar-refractivity contribution in [2.45, 2.75) is 84.3 Å². The van der Waals surface area contributed by atoms with Crippen LogP contribution < -0.4 is 0 Å². The molecule has 2 unspecified atom stereocenters. The Morgan fingerprint density at radius 3 is 1.58 bits per heavy atom. The molecule has 0 aliphatic heterocycles. The molecule has 0 aromatic heterocycles. The summed E-state index contributed by atoms with van der Waals surface area (Å²) in [6, 6.07) is 0. The van der Waals surface area contributed by atoms with Crippen molar-refractivity contribution < 1.29 is 34.4 Å². The summed E-state index contributed by atoms with van der Waals surface area (Å²) in [5.41, 5.74) is -0.850. The molecule has 2 atom stereocenters. The Morgan fingerprint density at radius 1 is 0.885 bits per heavy atom.